The predicted octanol–water partition coefficient (Wildman–Crippen LogP) is 0.570. The monoisotopic (exact) mass is 188 g/mol. The molecule has 0 bridgehead atoms. The Morgan fingerprint density at radius 3 is 2.58 bits per heavy atom. The van der Waals surface area contributed by atoms with Gasteiger partial charge in [-0.25, -0.2) is 4.21 Å². The number of rotatable bonds is 2. The van der Waals surface area contributed by atoms with Crippen molar-refractivity contribution in [3.8, 4) is 0 Å². The number of pyridine rings is 1. The second kappa shape index (κ2) is 3.37. The maximum atomic E-state index is 10.4. The highest BCUT2D eigenvalue weighted by Gasteiger charge is 2.08. The molecule has 0 saturated heterocycles. The van der Waals surface area contributed by atoms with E-state index in [9.17, 15) is 14.3 Å². The van der Waals surface area contributed by atoms with Gasteiger partial charge in [0, 0.05) is 6.07 Å². The van der Waals surface area contributed by atoms with Crippen molar-refractivity contribution < 1.29 is 13.7 Å². The van der Waals surface area contributed by atoms with Gasteiger partial charge in [-0.2, -0.15) is 0 Å². The van der Waals surface area contributed by atoms with E-state index in [-0.39, 0.29) is 10.7 Å². The topological polar surface area (TPSA) is 93.3 Å². The lowest BCUT2D eigenvalue weighted by atomic mass is 10.5. The van der Waals surface area contributed by atoms with Gasteiger partial charge in [-0.1, -0.05) is 0 Å². The summed E-state index contributed by atoms with van der Waals surface area (Å²) in [4.78, 5) is 12.8. The summed E-state index contributed by atoms with van der Waals surface area (Å²) in [5, 5.41) is 10.1. The first kappa shape index (κ1) is 8.75. The third-order valence-corrected chi connectivity index (χ3v) is 1.75. The molecule has 1 rings (SSSR count). The molecule has 0 radical (unpaired) electrons. The van der Waals surface area contributed by atoms with Gasteiger partial charge >= 0.3 is 5.82 Å². The molecule has 1 unspecified atom stereocenters. The van der Waals surface area contributed by atoms with Crippen LogP contribution in [0.2, 0.25) is 0 Å². The number of nitro groups is 1. The Kier molecular flexibility index (Phi) is 2.46. The Balaban J connectivity index is 3.01. The van der Waals surface area contributed by atoms with Gasteiger partial charge in [-0.3, -0.25) is 0 Å². The van der Waals surface area contributed by atoms with Crippen LogP contribution < -0.4 is 0 Å². The second-order valence-corrected chi connectivity index (χ2v) is 2.83. The highest BCUT2D eigenvalue weighted by Crippen LogP contribution is 2.08. The molecule has 1 atom stereocenters. The predicted molar refractivity (Wildman–Crippen MR) is 39.9 cm³/mol. The lowest BCUT2D eigenvalue weighted by molar-refractivity contribution is -0.389. The first-order valence-corrected chi connectivity index (χ1v) is 3.93. The van der Waals surface area contributed by atoms with Crippen molar-refractivity contribution in [3.05, 3.63) is 28.4 Å². The standard InChI is InChI=1S/C5H4N2O4S/c8-7(9)5-2-1-4(3-6-5)12(10)11/h1-3H,(H,10,11). The van der Waals surface area contributed by atoms with E-state index < -0.39 is 16.0 Å². The molecular formula is C5H4N2O4S. The van der Waals surface area contributed by atoms with E-state index in [1.807, 2.05) is 0 Å². The average Bonchev–Trinajstić information content (AvgIpc) is 2.04. The van der Waals surface area contributed by atoms with Crippen molar-refractivity contribution in [3.63, 3.8) is 0 Å². The minimum Gasteiger partial charge on any atom is -0.358 e. The number of aromatic nitrogens is 1. The molecule has 1 aromatic heterocycles. The molecule has 12 heavy (non-hydrogen) atoms. The Labute approximate surface area is 69.7 Å². The quantitative estimate of drug-likeness (QED) is 0.416. The van der Waals surface area contributed by atoms with Crippen LogP contribution in [-0.2, 0) is 11.1 Å². The first-order chi connectivity index (χ1) is 5.61. The van der Waals surface area contributed by atoms with Crippen molar-refractivity contribution >= 4 is 16.9 Å². The zero-order valence-corrected chi connectivity index (χ0v) is 6.52. The maximum absolute atomic E-state index is 10.4. The van der Waals surface area contributed by atoms with Crippen LogP contribution in [0.4, 0.5) is 5.82 Å². The van der Waals surface area contributed by atoms with Crippen LogP contribution in [0.5, 0.6) is 0 Å². The molecule has 0 saturated carbocycles. The number of hydrogen-bond donors (Lipinski definition) is 1. The van der Waals surface area contributed by atoms with E-state index >= 15 is 0 Å². The van der Waals surface area contributed by atoms with Gasteiger partial charge in [0.05, 0.1) is 0 Å². The van der Waals surface area contributed by atoms with Crippen molar-refractivity contribution in [2.45, 2.75) is 4.90 Å². The van der Waals surface area contributed by atoms with Gasteiger partial charge < -0.3 is 14.7 Å². The molecule has 0 aliphatic rings. The smallest absolute Gasteiger partial charge is 0.358 e. The Hall–Kier alpha value is -1.34. The van der Waals surface area contributed by atoms with Crippen molar-refractivity contribution in [1.82, 2.24) is 4.98 Å². The molecule has 6 nitrogen and oxygen atoms in total. The maximum Gasteiger partial charge on any atom is 0.363 e. The van der Waals surface area contributed by atoms with E-state index in [1.165, 1.54) is 6.07 Å². The lowest BCUT2D eigenvalue weighted by Gasteiger charge is -1.91. The molecule has 64 valence electrons. The molecule has 0 aliphatic carbocycles. The molecule has 1 heterocycles. The zero-order chi connectivity index (χ0) is 9.14. The highest BCUT2D eigenvalue weighted by atomic mass is 32.2. The van der Waals surface area contributed by atoms with Crippen molar-refractivity contribution in [2.24, 2.45) is 0 Å². The normalized spacial score (nSPS) is 12.4. The minimum absolute atomic E-state index is 0.0422. The summed E-state index contributed by atoms with van der Waals surface area (Å²) in [5.74, 6) is -0.343. The fourth-order valence-corrected chi connectivity index (χ4v) is 0.911. The minimum atomic E-state index is -2.14. The van der Waals surface area contributed by atoms with Crippen molar-refractivity contribution in [1.29, 1.82) is 0 Å². The molecule has 0 amide bonds. The molecule has 0 fully saturated rings. The summed E-state index contributed by atoms with van der Waals surface area (Å²) >= 11 is -2.14. The molecule has 1 aromatic rings. The Bertz CT molecular complexity index is 290. The summed E-state index contributed by atoms with van der Waals surface area (Å²) in [7, 11) is 0. The number of hydrogen-bond acceptors (Lipinski definition) is 4. The average molecular weight is 188 g/mol. The second-order valence-electron chi connectivity index (χ2n) is 1.86. The summed E-state index contributed by atoms with van der Waals surface area (Å²) in [6, 6.07) is 2.25. The van der Waals surface area contributed by atoms with Crippen LogP contribution >= 0.6 is 0 Å². The third-order valence-electron chi connectivity index (χ3n) is 1.11. The molecule has 7 heteroatoms. The molecule has 0 aliphatic heterocycles. The fourth-order valence-electron chi connectivity index (χ4n) is 0.584. The molecule has 0 aromatic carbocycles. The largest absolute Gasteiger partial charge is 0.363 e. The third kappa shape index (κ3) is 1.83. The van der Waals surface area contributed by atoms with Gasteiger partial charge in [0.2, 0.25) is 0 Å². The summed E-state index contributed by atoms with van der Waals surface area (Å²) in [5.41, 5.74) is 0. The zero-order valence-electron chi connectivity index (χ0n) is 5.71. The van der Waals surface area contributed by atoms with Crippen LogP contribution in [0.25, 0.3) is 0 Å². The molecular weight excluding hydrogens is 184 g/mol. The first-order valence-electron chi connectivity index (χ1n) is 2.82. The summed E-state index contributed by atoms with van der Waals surface area (Å²) in [6.07, 6.45) is 0.994. The SMILES string of the molecule is O=[N+]([O-])c1ccc(S(=O)O)cn1. The summed E-state index contributed by atoms with van der Waals surface area (Å²) in [6.45, 7) is 0. The van der Waals surface area contributed by atoms with Crippen LogP contribution in [0, 0.1) is 10.1 Å². The van der Waals surface area contributed by atoms with Crippen LogP contribution in [0.1, 0.15) is 0 Å². The Morgan fingerprint density at radius 1 is 1.58 bits per heavy atom. The van der Waals surface area contributed by atoms with Gasteiger partial charge in [-0.05, 0) is 16.0 Å². The van der Waals surface area contributed by atoms with E-state index in [0.717, 1.165) is 12.3 Å². The van der Waals surface area contributed by atoms with Gasteiger partial charge in [-0.15, -0.1) is 0 Å². The fraction of sp³-hybridized carbons (Fsp3) is 0. The Morgan fingerprint density at radius 2 is 2.25 bits per heavy atom. The highest BCUT2D eigenvalue weighted by molar-refractivity contribution is 7.79. The van der Waals surface area contributed by atoms with Crippen LogP contribution in [0.3, 0.4) is 0 Å². The van der Waals surface area contributed by atoms with Gasteiger partial charge in [0.15, 0.2) is 17.3 Å². The van der Waals surface area contributed by atoms with E-state index in [0.29, 0.717) is 0 Å². The van der Waals surface area contributed by atoms with Gasteiger partial charge in [0.25, 0.3) is 0 Å². The van der Waals surface area contributed by atoms with E-state index in [1.54, 1.807) is 0 Å². The molecule has 0 spiro atoms. The number of nitrogens with zero attached hydrogens (tertiary/aromatic N) is 2. The van der Waals surface area contributed by atoms with Crippen LogP contribution in [-0.4, -0.2) is 18.7 Å². The van der Waals surface area contributed by atoms with E-state index in [2.05, 4.69) is 4.98 Å². The lowest BCUT2D eigenvalue weighted by Crippen LogP contribution is -1.94. The summed E-state index contributed by atoms with van der Waals surface area (Å²) < 4.78 is 18.9. The molecule has 1 N–H and O–H groups in total. The van der Waals surface area contributed by atoms with E-state index in [4.69, 9.17) is 4.55 Å². The van der Waals surface area contributed by atoms with Crippen molar-refractivity contribution in [2.75, 3.05) is 0 Å². The van der Waals surface area contributed by atoms with Gasteiger partial charge in [0.1, 0.15) is 4.90 Å². The van der Waals surface area contributed by atoms with Crippen LogP contribution in [0.15, 0.2) is 23.2 Å².